The fourth-order valence-corrected chi connectivity index (χ4v) is 2.45. The molecule has 104 valence electrons. The number of fused-ring (bicyclic) bond motifs is 1. The van der Waals surface area contributed by atoms with Gasteiger partial charge >= 0.3 is 0 Å². The molecule has 4 nitrogen and oxygen atoms in total. The van der Waals surface area contributed by atoms with Crippen molar-refractivity contribution in [3.63, 3.8) is 0 Å². The largest absolute Gasteiger partial charge is 0.493 e. The number of aromatic nitrogens is 2. The van der Waals surface area contributed by atoms with Crippen molar-refractivity contribution in [2.24, 2.45) is 7.05 Å². The lowest BCUT2D eigenvalue weighted by Gasteiger charge is -2.08. The molecule has 0 saturated heterocycles. The van der Waals surface area contributed by atoms with Gasteiger partial charge in [-0.2, -0.15) is 4.39 Å². The Hall–Kier alpha value is -2.43. The number of nitrogens with zero attached hydrogens (tertiary/aromatic N) is 1. The maximum Gasteiger partial charge on any atom is 0.191 e. The van der Waals surface area contributed by atoms with Gasteiger partial charge in [-0.05, 0) is 18.2 Å². The molecule has 0 amide bonds. The SMILES string of the molecule is COc1cc2c(-c3ccc(F)[nH]3)cn(C)c2cc1OC. The minimum Gasteiger partial charge on any atom is -0.493 e. The Bertz CT molecular complexity index is 774. The molecule has 1 N–H and O–H groups in total. The number of hydrogen-bond donors (Lipinski definition) is 1. The van der Waals surface area contributed by atoms with E-state index in [1.54, 1.807) is 20.3 Å². The Morgan fingerprint density at radius 3 is 2.40 bits per heavy atom. The minimum absolute atomic E-state index is 0.350. The van der Waals surface area contributed by atoms with Gasteiger partial charge in [-0.3, -0.25) is 0 Å². The van der Waals surface area contributed by atoms with E-state index in [0.717, 1.165) is 22.2 Å². The van der Waals surface area contributed by atoms with Crippen LogP contribution in [0.15, 0.2) is 30.5 Å². The highest BCUT2D eigenvalue weighted by molar-refractivity contribution is 5.97. The number of aromatic amines is 1. The Morgan fingerprint density at radius 2 is 1.80 bits per heavy atom. The molecule has 20 heavy (non-hydrogen) atoms. The van der Waals surface area contributed by atoms with Gasteiger partial charge in [0, 0.05) is 36.0 Å². The molecule has 0 aliphatic carbocycles. The molecule has 0 bridgehead atoms. The molecule has 0 unspecified atom stereocenters. The molecule has 3 aromatic rings. The van der Waals surface area contributed by atoms with Gasteiger partial charge in [0.05, 0.1) is 19.7 Å². The van der Waals surface area contributed by atoms with E-state index in [9.17, 15) is 4.39 Å². The van der Waals surface area contributed by atoms with Crippen LogP contribution in [0, 0.1) is 5.95 Å². The second-order valence-electron chi connectivity index (χ2n) is 4.60. The first-order valence-corrected chi connectivity index (χ1v) is 6.20. The van der Waals surface area contributed by atoms with E-state index in [1.807, 2.05) is 29.9 Å². The summed E-state index contributed by atoms with van der Waals surface area (Å²) in [5.41, 5.74) is 2.65. The summed E-state index contributed by atoms with van der Waals surface area (Å²) in [6.45, 7) is 0. The van der Waals surface area contributed by atoms with Crippen molar-refractivity contribution in [2.45, 2.75) is 0 Å². The van der Waals surface area contributed by atoms with Crippen molar-refractivity contribution in [1.82, 2.24) is 9.55 Å². The predicted molar refractivity (Wildman–Crippen MR) is 75.8 cm³/mol. The van der Waals surface area contributed by atoms with Gasteiger partial charge in [-0.1, -0.05) is 0 Å². The number of aryl methyl sites for hydroxylation is 1. The first-order valence-electron chi connectivity index (χ1n) is 6.20. The molecule has 0 atom stereocenters. The summed E-state index contributed by atoms with van der Waals surface area (Å²) in [5, 5.41) is 0.979. The highest BCUT2D eigenvalue weighted by Gasteiger charge is 2.14. The van der Waals surface area contributed by atoms with Crippen LogP contribution in [0.1, 0.15) is 0 Å². The quantitative estimate of drug-likeness (QED) is 0.795. The third kappa shape index (κ3) is 1.82. The Balaban J connectivity index is 2.29. The second-order valence-corrected chi connectivity index (χ2v) is 4.60. The zero-order valence-electron chi connectivity index (χ0n) is 11.5. The first kappa shape index (κ1) is 12.6. The Kier molecular flexibility index (Phi) is 2.89. The fraction of sp³-hybridized carbons (Fsp3) is 0.200. The molecule has 2 heterocycles. The van der Waals surface area contributed by atoms with Crippen LogP contribution in [0.5, 0.6) is 11.5 Å². The number of rotatable bonds is 3. The molecule has 0 aliphatic rings. The van der Waals surface area contributed by atoms with E-state index in [0.29, 0.717) is 11.5 Å². The van der Waals surface area contributed by atoms with Crippen LogP contribution in [-0.4, -0.2) is 23.8 Å². The van der Waals surface area contributed by atoms with Crippen LogP contribution in [0.2, 0.25) is 0 Å². The van der Waals surface area contributed by atoms with E-state index in [1.165, 1.54) is 6.07 Å². The summed E-state index contributed by atoms with van der Waals surface area (Å²) in [6, 6.07) is 6.95. The maximum atomic E-state index is 13.2. The zero-order chi connectivity index (χ0) is 14.3. The summed E-state index contributed by atoms with van der Waals surface area (Å²) < 4.78 is 25.8. The first-order chi connectivity index (χ1) is 9.63. The van der Waals surface area contributed by atoms with Gasteiger partial charge in [0.15, 0.2) is 17.4 Å². The molecular weight excluding hydrogens is 259 g/mol. The Labute approximate surface area is 115 Å². The van der Waals surface area contributed by atoms with Gasteiger partial charge in [0.25, 0.3) is 0 Å². The van der Waals surface area contributed by atoms with Crippen molar-refractivity contribution >= 4 is 10.9 Å². The van der Waals surface area contributed by atoms with Crippen molar-refractivity contribution < 1.29 is 13.9 Å². The van der Waals surface area contributed by atoms with Gasteiger partial charge in [-0.15, -0.1) is 0 Å². The topological polar surface area (TPSA) is 39.2 Å². The number of methoxy groups -OCH3 is 2. The number of halogens is 1. The molecule has 0 spiro atoms. The maximum absolute atomic E-state index is 13.2. The number of benzene rings is 1. The van der Waals surface area contributed by atoms with Gasteiger partial charge in [0.1, 0.15) is 0 Å². The van der Waals surface area contributed by atoms with Crippen LogP contribution in [0.4, 0.5) is 4.39 Å². The lowest BCUT2D eigenvalue weighted by Crippen LogP contribution is -1.91. The molecule has 2 aromatic heterocycles. The normalized spacial score (nSPS) is 11.0. The average molecular weight is 274 g/mol. The number of ether oxygens (including phenoxy) is 2. The average Bonchev–Trinajstić information content (AvgIpc) is 3.01. The number of hydrogen-bond acceptors (Lipinski definition) is 2. The molecule has 3 rings (SSSR count). The van der Waals surface area contributed by atoms with E-state index in [2.05, 4.69) is 4.98 Å². The molecular formula is C15H15FN2O2. The van der Waals surface area contributed by atoms with Gasteiger partial charge in [-0.25, -0.2) is 0 Å². The monoisotopic (exact) mass is 274 g/mol. The number of nitrogens with one attached hydrogen (secondary N) is 1. The lowest BCUT2D eigenvalue weighted by atomic mass is 10.1. The number of H-pyrrole nitrogens is 1. The summed E-state index contributed by atoms with van der Waals surface area (Å²) in [6.07, 6.45) is 1.95. The molecule has 1 aromatic carbocycles. The molecule has 0 aliphatic heterocycles. The van der Waals surface area contributed by atoms with Crippen LogP contribution < -0.4 is 9.47 Å². The van der Waals surface area contributed by atoms with Crippen LogP contribution in [0.25, 0.3) is 22.2 Å². The van der Waals surface area contributed by atoms with Gasteiger partial charge < -0.3 is 19.0 Å². The predicted octanol–water partition coefficient (Wildman–Crippen LogP) is 3.33. The van der Waals surface area contributed by atoms with E-state index in [-0.39, 0.29) is 5.95 Å². The smallest absolute Gasteiger partial charge is 0.191 e. The van der Waals surface area contributed by atoms with Crippen molar-refractivity contribution in [3.05, 3.63) is 36.4 Å². The molecule has 5 heteroatoms. The highest BCUT2D eigenvalue weighted by atomic mass is 19.1. The van der Waals surface area contributed by atoms with Crippen molar-refractivity contribution in [3.8, 4) is 22.8 Å². The van der Waals surface area contributed by atoms with E-state index in [4.69, 9.17) is 9.47 Å². The minimum atomic E-state index is -0.350. The third-order valence-electron chi connectivity index (χ3n) is 3.44. The van der Waals surface area contributed by atoms with Gasteiger partial charge in [0.2, 0.25) is 0 Å². The Morgan fingerprint density at radius 1 is 1.10 bits per heavy atom. The van der Waals surface area contributed by atoms with Crippen LogP contribution in [-0.2, 0) is 7.05 Å². The summed E-state index contributed by atoms with van der Waals surface area (Å²) in [4.78, 5) is 2.71. The summed E-state index contributed by atoms with van der Waals surface area (Å²) >= 11 is 0. The van der Waals surface area contributed by atoms with E-state index >= 15 is 0 Å². The summed E-state index contributed by atoms with van der Waals surface area (Å²) in [5.74, 6) is 0.974. The lowest BCUT2D eigenvalue weighted by molar-refractivity contribution is 0.355. The second kappa shape index (κ2) is 4.59. The third-order valence-corrected chi connectivity index (χ3v) is 3.44. The van der Waals surface area contributed by atoms with E-state index < -0.39 is 0 Å². The molecule has 0 fully saturated rings. The van der Waals surface area contributed by atoms with Crippen LogP contribution in [0.3, 0.4) is 0 Å². The highest BCUT2D eigenvalue weighted by Crippen LogP contribution is 2.37. The molecule has 0 saturated carbocycles. The fourth-order valence-electron chi connectivity index (χ4n) is 2.45. The summed E-state index contributed by atoms with van der Waals surface area (Å²) in [7, 11) is 5.14. The van der Waals surface area contributed by atoms with Crippen molar-refractivity contribution in [2.75, 3.05) is 14.2 Å². The standard InChI is InChI=1S/C15H15FN2O2/c1-18-8-10(11-4-5-15(16)17-11)9-6-13(19-2)14(20-3)7-12(9)18/h4-8,17H,1-3H3. The zero-order valence-corrected chi connectivity index (χ0v) is 11.5. The van der Waals surface area contributed by atoms with Crippen molar-refractivity contribution in [1.29, 1.82) is 0 Å². The molecule has 0 radical (unpaired) electrons. The van der Waals surface area contributed by atoms with Crippen LogP contribution >= 0.6 is 0 Å².